The van der Waals surface area contributed by atoms with E-state index in [-0.39, 0.29) is 46.7 Å². The number of amides is 3. The summed E-state index contributed by atoms with van der Waals surface area (Å²) in [6.45, 7) is 16.8. The minimum atomic E-state index is -0.540. The van der Waals surface area contributed by atoms with Crippen molar-refractivity contribution in [2.24, 2.45) is 16.6 Å². The lowest BCUT2D eigenvalue weighted by Gasteiger charge is -2.36. The predicted molar refractivity (Wildman–Crippen MR) is 121 cm³/mol. The molecule has 0 aliphatic carbocycles. The van der Waals surface area contributed by atoms with Gasteiger partial charge in [0.05, 0.1) is 6.54 Å². The fourth-order valence-electron chi connectivity index (χ4n) is 3.95. The zero-order chi connectivity index (χ0) is 23.3. The second-order valence-corrected chi connectivity index (χ2v) is 11.4. The van der Waals surface area contributed by atoms with Crippen LogP contribution in [0.3, 0.4) is 0 Å². The minimum Gasteiger partial charge on any atom is -0.350 e. The molecular formula is C23H44N4O3. The average molecular weight is 425 g/mol. The van der Waals surface area contributed by atoms with Crippen LogP contribution in [0, 0.1) is 10.8 Å². The van der Waals surface area contributed by atoms with E-state index >= 15 is 0 Å². The van der Waals surface area contributed by atoms with Crippen LogP contribution in [0.25, 0.3) is 0 Å². The first-order valence-corrected chi connectivity index (χ1v) is 11.2. The highest BCUT2D eigenvalue weighted by molar-refractivity contribution is 5.88. The first-order chi connectivity index (χ1) is 13.6. The SMILES string of the molecule is CC1CCCN1C(=O)C(NC(=O)CC(C)(C)CCC(C)(C)NC(=O)CN)C(C)(C)C. The summed E-state index contributed by atoms with van der Waals surface area (Å²) in [4.78, 5) is 39.6. The fraction of sp³-hybridized carbons (Fsp3) is 0.870. The number of hydrogen-bond donors (Lipinski definition) is 3. The van der Waals surface area contributed by atoms with Crippen molar-refractivity contribution < 1.29 is 14.4 Å². The molecule has 0 radical (unpaired) electrons. The summed E-state index contributed by atoms with van der Waals surface area (Å²) in [5, 5.41) is 5.95. The van der Waals surface area contributed by atoms with Crippen molar-refractivity contribution >= 4 is 17.7 Å². The molecule has 1 fully saturated rings. The Morgan fingerprint density at radius 1 is 1.03 bits per heavy atom. The third-order valence-corrected chi connectivity index (χ3v) is 5.98. The van der Waals surface area contributed by atoms with Crippen molar-refractivity contribution in [3.8, 4) is 0 Å². The molecule has 4 N–H and O–H groups in total. The number of rotatable bonds is 9. The molecule has 0 spiro atoms. The number of likely N-dealkylation sites (tertiary alicyclic amines) is 1. The number of carbonyl (C=O) groups excluding carboxylic acids is 3. The van der Waals surface area contributed by atoms with Gasteiger partial charge in [0, 0.05) is 24.5 Å². The van der Waals surface area contributed by atoms with Gasteiger partial charge in [0.25, 0.3) is 0 Å². The predicted octanol–water partition coefficient (Wildman–Crippen LogP) is 2.58. The number of hydrogen-bond acceptors (Lipinski definition) is 4. The molecule has 1 aliphatic rings. The molecule has 30 heavy (non-hydrogen) atoms. The van der Waals surface area contributed by atoms with Gasteiger partial charge >= 0.3 is 0 Å². The van der Waals surface area contributed by atoms with Crippen LogP contribution >= 0.6 is 0 Å². The first-order valence-electron chi connectivity index (χ1n) is 11.2. The third kappa shape index (κ3) is 8.25. The van der Waals surface area contributed by atoms with Gasteiger partial charge in [-0.2, -0.15) is 0 Å². The highest BCUT2D eigenvalue weighted by Crippen LogP contribution is 2.31. The van der Waals surface area contributed by atoms with E-state index in [0.717, 1.165) is 32.2 Å². The summed E-state index contributed by atoms with van der Waals surface area (Å²) in [6, 6.07) is -0.316. The van der Waals surface area contributed by atoms with Gasteiger partial charge < -0.3 is 21.3 Å². The Kier molecular flexibility index (Phi) is 8.91. The van der Waals surface area contributed by atoms with Crippen molar-refractivity contribution in [3.63, 3.8) is 0 Å². The van der Waals surface area contributed by atoms with Crippen molar-refractivity contribution in [3.05, 3.63) is 0 Å². The van der Waals surface area contributed by atoms with E-state index in [1.54, 1.807) is 0 Å². The maximum atomic E-state index is 13.2. The lowest BCUT2D eigenvalue weighted by Crippen LogP contribution is -2.55. The molecule has 1 rings (SSSR count). The molecular weight excluding hydrogens is 380 g/mol. The van der Waals surface area contributed by atoms with Crippen LogP contribution in [0.5, 0.6) is 0 Å². The Balaban J connectivity index is 2.73. The number of nitrogens with two attached hydrogens (primary N) is 1. The molecule has 0 saturated carbocycles. The van der Waals surface area contributed by atoms with Gasteiger partial charge in [0.2, 0.25) is 17.7 Å². The molecule has 1 aliphatic heterocycles. The summed E-state index contributed by atoms with van der Waals surface area (Å²) in [5.41, 5.74) is 4.37. The van der Waals surface area contributed by atoms with Gasteiger partial charge in [-0.25, -0.2) is 0 Å². The normalized spacial score (nSPS) is 18.8. The summed E-state index contributed by atoms with van der Waals surface area (Å²) in [6.07, 6.45) is 3.84. The maximum absolute atomic E-state index is 13.2. The highest BCUT2D eigenvalue weighted by atomic mass is 16.2. The molecule has 0 bridgehead atoms. The van der Waals surface area contributed by atoms with E-state index in [1.165, 1.54) is 0 Å². The van der Waals surface area contributed by atoms with Crippen LogP contribution in [-0.4, -0.2) is 53.3 Å². The van der Waals surface area contributed by atoms with Gasteiger partial charge in [0.1, 0.15) is 6.04 Å². The number of carbonyl (C=O) groups is 3. The smallest absolute Gasteiger partial charge is 0.245 e. The zero-order valence-corrected chi connectivity index (χ0v) is 20.4. The third-order valence-electron chi connectivity index (χ3n) is 5.98. The van der Waals surface area contributed by atoms with Crippen LogP contribution in [0.4, 0.5) is 0 Å². The summed E-state index contributed by atoms with van der Waals surface area (Å²) >= 11 is 0. The molecule has 0 aromatic rings. The lowest BCUT2D eigenvalue weighted by molar-refractivity contribution is -0.140. The van der Waals surface area contributed by atoms with Gasteiger partial charge in [-0.1, -0.05) is 34.6 Å². The van der Waals surface area contributed by atoms with E-state index < -0.39 is 6.04 Å². The summed E-state index contributed by atoms with van der Waals surface area (Å²) < 4.78 is 0. The molecule has 7 nitrogen and oxygen atoms in total. The van der Waals surface area contributed by atoms with Crippen LogP contribution in [0.1, 0.15) is 87.5 Å². The van der Waals surface area contributed by atoms with E-state index in [9.17, 15) is 14.4 Å². The van der Waals surface area contributed by atoms with E-state index in [1.807, 2.05) is 53.4 Å². The Morgan fingerprint density at radius 2 is 1.63 bits per heavy atom. The van der Waals surface area contributed by atoms with E-state index in [2.05, 4.69) is 17.6 Å². The molecule has 2 unspecified atom stereocenters. The van der Waals surface area contributed by atoms with Crippen molar-refractivity contribution in [1.82, 2.24) is 15.5 Å². The second-order valence-electron chi connectivity index (χ2n) is 11.4. The van der Waals surface area contributed by atoms with Crippen molar-refractivity contribution in [1.29, 1.82) is 0 Å². The fourth-order valence-corrected chi connectivity index (χ4v) is 3.95. The molecule has 2 atom stereocenters. The molecule has 0 aromatic carbocycles. The first kappa shape index (κ1) is 26.4. The van der Waals surface area contributed by atoms with Crippen molar-refractivity contribution in [2.45, 2.75) is 105 Å². The number of nitrogens with zero attached hydrogens (tertiary/aromatic N) is 1. The minimum absolute atomic E-state index is 0.0179. The Morgan fingerprint density at radius 3 is 2.10 bits per heavy atom. The second kappa shape index (κ2) is 10.1. The van der Waals surface area contributed by atoms with E-state index in [4.69, 9.17) is 5.73 Å². The molecule has 0 aromatic heterocycles. The Bertz CT molecular complexity index is 622. The lowest BCUT2D eigenvalue weighted by atomic mass is 9.79. The van der Waals surface area contributed by atoms with Crippen LogP contribution in [-0.2, 0) is 14.4 Å². The Labute approximate surface area is 182 Å². The average Bonchev–Trinajstić information content (AvgIpc) is 3.02. The highest BCUT2D eigenvalue weighted by Gasteiger charge is 2.39. The molecule has 1 saturated heterocycles. The number of nitrogens with one attached hydrogen (secondary N) is 2. The quantitative estimate of drug-likeness (QED) is 0.529. The zero-order valence-electron chi connectivity index (χ0n) is 20.4. The van der Waals surface area contributed by atoms with Crippen LogP contribution in [0.2, 0.25) is 0 Å². The molecule has 3 amide bonds. The standard InChI is InChI=1S/C23H44N4O3/c1-16-10-9-13-27(16)20(30)19(21(2,3)4)25-17(28)14-22(5,6)11-12-23(7,8)26-18(29)15-24/h16,19H,9-15,24H2,1-8H3,(H,25,28)(H,26,29). The summed E-state index contributed by atoms with van der Waals surface area (Å²) in [5.74, 6) is -0.272. The molecule has 174 valence electrons. The monoisotopic (exact) mass is 424 g/mol. The van der Waals surface area contributed by atoms with Crippen LogP contribution in [0.15, 0.2) is 0 Å². The topological polar surface area (TPSA) is 105 Å². The van der Waals surface area contributed by atoms with E-state index in [0.29, 0.717) is 6.42 Å². The largest absolute Gasteiger partial charge is 0.350 e. The molecule has 7 heteroatoms. The van der Waals surface area contributed by atoms with Gasteiger partial charge in [-0.15, -0.1) is 0 Å². The van der Waals surface area contributed by atoms with Crippen molar-refractivity contribution in [2.75, 3.05) is 13.1 Å². The maximum Gasteiger partial charge on any atom is 0.245 e. The Hall–Kier alpha value is -1.63. The van der Waals surface area contributed by atoms with Gasteiger partial charge in [-0.3, -0.25) is 14.4 Å². The van der Waals surface area contributed by atoms with Gasteiger partial charge in [0.15, 0.2) is 0 Å². The van der Waals surface area contributed by atoms with Gasteiger partial charge in [-0.05, 0) is 57.3 Å². The molecule has 1 heterocycles. The van der Waals surface area contributed by atoms with Crippen LogP contribution < -0.4 is 16.4 Å². The summed E-state index contributed by atoms with van der Waals surface area (Å²) in [7, 11) is 0.